The molecule has 0 aromatic carbocycles. The quantitative estimate of drug-likeness (QED) is 0.310. The summed E-state index contributed by atoms with van der Waals surface area (Å²) in [4.78, 5) is -0.984. The van der Waals surface area contributed by atoms with Crippen molar-refractivity contribution in [3.63, 3.8) is 0 Å². The topological polar surface area (TPSA) is 27.7 Å². The van der Waals surface area contributed by atoms with E-state index in [1.54, 1.807) is 0 Å². The van der Waals surface area contributed by atoms with Crippen LogP contribution in [0, 0.1) is 0 Å². The third-order valence-electron chi connectivity index (χ3n) is 4.10. The molecule has 1 saturated heterocycles. The van der Waals surface area contributed by atoms with Crippen molar-refractivity contribution in [1.29, 1.82) is 0 Å². The van der Waals surface area contributed by atoms with E-state index in [1.165, 1.54) is 14.2 Å². The number of hydrogen-bond donors (Lipinski definition) is 0. The molecule has 1 fully saturated rings. The normalized spacial score (nSPS) is 40.5. The molecule has 1 aliphatic carbocycles. The number of alkyl halides is 1. The molecule has 0 aromatic heterocycles. The average molecular weight is 537 g/mol. The molecule has 0 amide bonds. The molecule has 0 aromatic rings. The number of hydrogen-bond acceptors (Lipinski definition) is 3. The standard InChI is InChI=1S/C11H14Cl3O3.ClH.Hg/c1-6-5-10(14)9(2,17-6)7(12)8(13)11(10,15-3)16-4;;/h6H,1,5H2,2-4H3;1H;/q;;+1/p-1/t6-,9-,10+;;/m1../s1. The van der Waals surface area contributed by atoms with Gasteiger partial charge in [-0.05, 0) is 0 Å². The molecule has 1 aliphatic heterocycles. The Morgan fingerprint density at radius 3 is 2.37 bits per heavy atom. The molecule has 8 heteroatoms. The first kappa shape index (κ1) is 17.1. The Morgan fingerprint density at radius 1 is 1.32 bits per heavy atom. The SMILES string of the molecule is COC1(OC)C(Cl)=C(Cl)[C@@]2(C)O[C@H]([CH2][Hg][Cl])C[C@@]12Cl. The van der Waals surface area contributed by atoms with Crippen LogP contribution in [0.5, 0.6) is 0 Å². The van der Waals surface area contributed by atoms with Gasteiger partial charge in [-0.25, -0.2) is 0 Å². The monoisotopic (exact) mass is 536 g/mol. The maximum absolute atomic E-state index is 6.85. The molecule has 2 aliphatic rings. The van der Waals surface area contributed by atoms with Crippen LogP contribution in [0.2, 0.25) is 3.93 Å². The Kier molecular flexibility index (Phi) is 5.15. The summed E-state index contributed by atoms with van der Waals surface area (Å²) in [5, 5.41) is 0.604. The summed E-state index contributed by atoms with van der Waals surface area (Å²) in [5.74, 6) is -1.28. The van der Waals surface area contributed by atoms with E-state index < -0.39 is 39.6 Å². The van der Waals surface area contributed by atoms with Gasteiger partial charge in [0.1, 0.15) is 0 Å². The Labute approximate surface area is 143 Å². The first-order valence-corrected chi connectivity index (χ1v) is 17.7. The summed E-state index contributed by atoms with van der Waals surface area (Å²) in [5.41, 5.74) is -0.913. The van der Waals surface area contributed by atoms with Gasteiger partial charge in [-0.2, -0.15) is 0 Å². The molecule has 0 N–H and O–H groups in total. The van der Waals surface area contributed by atoms with E-state index in [0.717, 1.165) is 3.93 Å². The molecule has 0 saturated carbocycles. The van der Waals surface area contributed by atoms with Gasteiger partial charge in [0.15, 0.2) is 0 Å². The Bertz CT molecular complexity index is 415. The second-order valence-corrected chi connectivity index (χ2v) is 13.3. The number of rotatable bonds is 4. The van der Waals surface area contributed by atoms with Crippen molar-refractivity contribution in [1.82, 2.24) is 0 Å². The molecule has 1 heterocycles. The van der Waals surface area contributed by atoms with Crippen molar-refractivity contribution >= 4 is 43.1 Å². The van der Waals surface area contributed by atoms with Gasteiger partial charge in [0.05, 0.1) is 0 Å². The number of methoxy groups -OCH3 is 2. The van der Waals surface area contributed by atoms with Crippen LogP contribution in [0.25, 0.3) is 0 Å². The van der Waals surface area contributed by atoms with Gasteiger partial charge in [0.25, 0.3) is 0 Å². The fourth-order valence-electron chi connectivity index (χ4n) is 3.05. The molecular weight excluding hydrogens is 523 g/mol. The first-order valence-electron chi connectivity index (χ1n) is 5.92. The second-order valence-electron chi connectivity index (χ2n) is 4.91. The van der Waals surface area contributed by atoms with E-state index in [9.17, 15) is 0 Å². The van der Waals surface area contributed by atoms with E-state index in [4.69, 9.17) is 57.3 Å². The minimum atomic E-state index is -1.35. The summed E-state index contributed by atoms with van der Waals surface area (Å²) < 4.78 is 18.0. The zero-order valence-corrected chi connectivity index (χ0v) is 19.5. The third-order valence-corrected chi connectivity index (χ3v) is 11.2. The van der Waals surface area contributed by atoms with Crippen LogP contribution in [-0.2, 0) is 37.6 Å². The van der Waals surface area contributed by atoms with Crippen molar-refractivity contribution in [2.75, 3.05) is 14.2 Å². The molecule has 0 bridgehead atoms. The van der Waals surface area contributed by atoms with Crippen LogP contribution in [0.4, 0.5) is 0 Å². The molecule has 0 spiro atoms. The molecule has 0 radical (unpaired) electrons. The van der Waals surface area contributed by atoms with Crippen molar-refractivity contribution in [3.8, 4) is 0 Å². The third kappa shape index (κ3) is 2.07. The zero-order chi connectivity index (χ0) is 14.5. The van der Waals surface area contributed by atoms with Gasteiger partial charge in [0.2, 0.25) is 0 Å². The van der Waals surface area contributed by atoms with Crippen LogP contribution >= 0.6 is 43.1 Å². The molecule has 19 heavy (non-hydrogen) atoms. The van der Waals surface area contributed by atoms with Crippen LogP contribution in [-0.4, -0.2) is 36.6 Å². The van der Waals surface area contributed by atoms with E-state index >= 15 is 0 Å². The fraction of sp³-hybridized carbons (Fsp3) is 0.818. The molecule has 106 valence electrons. The van der Waals surface area contributed by atoms with Crippen LogP contribution in [0.1, 0.15) is 13.3 Å². The summed E-state index contributed by atoms with van der Waals surface area (Å²) >= 11 is 18.2. The Morgan fingerprint density at radius 2 is 1.89 bits per heavy atom. The van der Waals surface area contributed by atoms with Crippen molar-refractivity contribution in [2.24, 2.45) is 0 Å². The van der Waals surface area contributed by atoms with Gasteiger partial charge in [-0.1, -0.05) is 0 Å². The maximum atomic E-state index is 6.85. The summed E-state index contributed by atoms with van der Waals surface area (Å²) in [6.07, 6.45) is 0.538. The molecule has 0 unspecified atom stereocenters. The Hall–Kier alpha value is 1.72. The minimum absolute atomic E-state index is 0.00939. The van der Waals surface area contributed by atoms with Gasteiger partial charge >= 0.3 is 145 Å². The zero-order valence-electron chi connectivity index (χ0n) is 10.9. The van der Waals surface area contributed by atoms with E-state index in [1.807, 2.05) is 6.92 Å². The Balaban J connectivity index is 2.52. The molecule has 3 nitrogen and oxygen atoms in total. The van der Waals surface area contributed by atoms with Gasteiger partial charge < -0.3 is 0 Å². The molecular formula is C11H14Cl4HgO3. The number of halogens is 4. The van der Waals surface area contributed by atoms with Crippen molar-refractivity contribution in [3.05, 3.63) is 10.1 Å². The van der Waals surface area contributed by atoms with Crippen LogP contribution in [0.3, 0.4) is 0 Å². The molecule has 2 rings (SSSR count). The second kappa shape index (κ2) is 5.73. The number of fused-ring (bicyclic) bond motifs is 1. The van der Waals surface area contributed by atoms with Gasteiger partial charge in [0, 0.05) is 0 Å². The van der Waals surface area contributed by atoms with E-state index in [2.05, 4.69) is 0 Å². The fourth-order valence-corrected chi connectivity index (χ4v) is 8.86. The summed E-state index contributed by atoms with van der Waals surface area (Å²) in [7, 11) is 9.00. The van der Waals surface area contributed by atoms with Crippen molar-refractivity contribution < 1.29 is 37.6 Å². The van der Waals surface area contributed by atoms with Gasteiger partial charge in [-0.15, -0.1) is 0 Å². The predicted molar refractivity (Wildman–Crippen MR) is 72.6 cm³/mol. The van der Waals surface area contributed by atoms with Crippen LogP contribution < -0.4 is 0 Å². The van der Waals surface area contributed by atoms with Crippen molar-refractivity contribution in [2.45, 2.75) is 39.6 Å². The predicted octanol–water partition coefficient (Wildman–Crippen LogP) is 3.86. The average Bonchev–Trinajstić information content (AvgIpc) is 2.69. The van der Waals surface area contributed by atoms with Crippen LogP contribution in [0.15, 0.2) is 10.1 Å². The molecule has 3 atom stereocenters. The summed E-state index contributed by atoms with van der Waals surface area (Å²) in [6.45, 7) is 1.83. The number of ether oxygens (including phenoxy) is 3. The van der Waals surface area contributed by atoms with Gasteiger partial charge in [-0.3, -0.25) is 0 Å². The van der Waals surface area contributed by atoms with E-state index in [-0.39, 0.29) is 11.1 Å². The van der Waals surface area contributed by atoms with E-state index in [0.29, 0.717) is 11.5 Å². The first-order chi connectivity index (χ1) is 8.83. The summed E-state index contributed by atoms with van der Waals surface area (Å²) in [6, 6.07) is 0.